The minimum atomic E-state index is -3.97. The van der Waals surface area contributed by atoms with E-state index in [1.807, 2.05) is 60.7 Å². The molecule has 11 heteroatoms. The van der Waals surface area contributed by atoms with Gasteiger partial charge < -0.3 is 4.57 Å². The molecule has 0 aliphatic heterocycles. The molecule has 238 valence electrons. The van der Waals surface area contributed by atoms with Gasteiger partial charge in [0, 0.05) is 60.7 Å². The van der Waals surface area contributed by atoms with Crippen molar-refractivity contribution >= 4 is 64.6 Å². The highest BCUT2D eigenvalue weighted by atomic mass is 35.5. The molecular formula is C35H34ClN2O6PS. The number of ketones is 2. The van der Waals surface area contributed by atoms with Crippen molar-refractivity contribution in [3.05, 3.63) is 124 Å². The number of hydroxylamine groups is 1. The smallest absolute Gasteiger partial charge is 0.341 e. The van der Waals surface area contributed by atoms with Gasteiger partial charge in [-0.3, -0.25) is 24.1 Å². The maximum absolute atomic E-state index is 14.0. The Labute approximate surface area is 277 Å². The molecule has 0 radical (unpaired) electrons. The Morgan fingerprint density at radius 2 is 1.43 bits per heavy atom. The molecule has 46 heavy (non-hydrogen) atoms. The number of benzene rings is 4. The lowest BCUT2D eigenvalue weighted by molar-refractivity contribution is 0.0812. The van der Waals surface area contributed by atoms with Gasteiger partial charge in [0.05, 0.1) is 13.2 Å². The zero-order chi connectivity index (χ0) is 32.7. The number of allylic oxidation sites excluding steroid dienone is 1. The summed E-state index contributed by atoms with van der Waals surface area (Å²) in [5.74, 6) is -0.0633. The Kier molecular flexibility index (Phi) is 11.2. The average molecular weight is 677 g/mol. The van der Waals surface area contributed by atoms with Gasteiger partial charge in [-0.25, -0.2) is 4.57 Å². The summed E-state index contributed by atoms with van der Waals surface area (Å²) in [5, 5.41) is 2.32. The van der Waals surface area contributed by atoms with Crippen LogP contribution in [0.2, 0.25) is 5.02 Å². The van der Waals surface area contributed by atoms with Gasteiger partial charge >= 0.3 is 7.82 Å². The van der Waals surface area contributed by atoms with Gasteiger partial charge in [-0.15, -0.1) is 11.8 Å². The summed E-state index contributed by atoms with van der Waals surface area (Å²) in [6.45, 7) is 6.26. The highest BCUT2D eigenvalue weighted by molar-refractivity contribution is 7.99. The molecule has 0 aliphatic carbocycles. The fourth-order valence-corrected chi connectivity index (χ4v) is 7.00. The monoisotopic (exact) mass is 676 g/mol. The molecule has 0 spiro atoms. The molecule has 5 rings (SSSR count). The molecule has 0 aliphatic rings. The first-order valence-electron chi connectivity index (χ1n) is 14.9. The van der Waals surface area contributed by atoms with Crippen molar-refractivity contribution < 1.29 is 27.8 Å². The second-order valence-electron chi connectivity index (χ2n) is 10.1. The van der Waals surface area contributed by atoms with Gasteiger partial charge in [-0.05, 0) is 87.5 Å². The Balaban J connectivity index is 1.51. The highest BCUT2D eigenvalue weighted by Crippen LogP contribution is 2.48. The third-order valence-corrected chi connectivity index (χ3v) is 9.83. The lowest BCUT2D eigenvalue weighted by Crippen LogP contribution is -2.22. The Hall–Kier alpha value is -3.69. The minimum absolute atomic E-state index is 0.0691. The molecule has 0 bridgehead atoms. The van der Waals surface area contributed by atoms with E-state index in [9.17, 15) is 14.2 Å². The first kappa shape index (κ1) is 33.7. The van der Waals surface area contributed by atoms with Crippen molar-refractivity contribution in [1.82, 2.24) is 10.0 Å². The number of nitrogens with zero attached hydrogens (tertiary/aromatic N) is 1. The van der Waals surface area contributed by atoms with Crippen LogP contribution in [-0.2, 0) is 24.8 Å². The number of nitrogens with one attached hydrogen (secondary N) is 1. The maximum Gasteiger partial charge on any atom is 0.496 e. The number of phosphoric acid groups is 1. The molecule has 1 N–H and O–H groups in total. The van der Waals surface area contributed by atoms with Crippen molar-refractivity contribution in [3.8, 4) is 0 Å². The first-order chi connectivity index (χ1) is 22.3. The van der Waals surface area contributed by atoms with Gasteiger partial charge in [-0.2, -0.15) is 4.62 Å². The van der Waals surface area contributed by atoms with Crippen LogP contribution in [-0.4, -0.2) is 35.1 Å². The van der Waals surface area contributed by atoms with Crippen molar-refractivity contribution in [1.29, 1.82) is 0 Å². The molecule has 1 aromatic heterocycles. The Morgan fingerprint density at radius 3 is 2.04 bits per heavy atom. The highest BCUT2D eigenvalue weighted by Gasteiger charge is 2.28. The van der Waals surface area contributed by atoms with Crippen molar-refractivity contribution in [2.24, 2.45) is 0 Å². The van der Waals surface area contributed by atoms with Crippen LogP contribution in [0.3, 0.4) is 0 Å². The van der Waals surface area contributed by atoms with Crippen LogP contribution >= 0.6 is 31.2 Å². The number of hydrogen-bond donors (Lipinski definition) is 1. The Bertz CT molecular complexity index is 1930. The van der Waals surface area contributed by atoms with E-state index in [0.29, 0.717) is 34.0 Å². The van der Waals surface area contributed by atoms with Gasteiger partial charge in [0.1, 0.15) is 5.70 Å². The second kappa shape index (κ2) is 15.3. The fourth-order valence-electron chi connectivity index (χ4n) is 5.08. The molecule has 0 saturated carbocycles. The van der Waals surface area contributed by atoms with Crippen molar-refractivity contribution in [2.75, 3.05) is 19.0 Å². The number of thioether (sulfide) groups is 1. The molecule has 0 saturated heterocycles. The van der Waals surface area contributed by atoms with Crippen LogP contribution in [0.1, 0.15) is 47.1 Å². The zero-order valence-corrected chi connectivity index (χ0v) is 28.2. The zero-order valence-electron chi connectivity index (χ0n) is 25.7. The van der Waals surface area contributed by atoms with E-state index in [1.54, 1.807) is 50.3 Å². The number of phosphoric ester groups is 1. The van der Waals surface area contributed by atoms with E-state index < -0.39 is 7.82 Å². The van der Waals surface area contributed by atoms with Crippen LogP contribution in [0.4, 0.5) is 0 Å². The molecule has 0 fully saturated rings. The lowest BCUT2D eigenvalue weighted by atomic mass is 10.00. The molecule has 0 amide bonds. The summed E-state index contributed by atoms with van der Waals surface area (Å²) in [7, 11) is -3.97. The number of rotatable bonds is 15. The number of aryl methyl sites for hydroxylation is 1. The molecule has 4 aromatic carbocycles. The Morgan fingerprint density at radius 1 is 0.826 bits per heavy atom. The van der Waals surface area contributed by atoms with Crippen LogP contribution in [0.5, 0.6) is 0 Å². The predicted molar refractivity (Wildman–Crippen MR) is 185 cm³/mol. The van der Waals surface area contributed by atoms with E-state index >= 15 is 0 Å². The topological polar surface area (TPSA) is 95.9 Å². The van der Waals surface area contributed by atoms with E-state index in [2.05, 4.69) is 17.0 Å². The maximum atomic E-state index is 14.0. The summed E-state index contributed by atoms with van der Waals surface area (Å²) < 4.78 is 31.1. The normalized spacial score (nSPS) is 12.1. The van der Waals surface area contributed by atoms with Crippen LogP contribution < -0.4 is 5.48 Å². The number of aromatic nitrogens is 1. The van der Waals surface area contributed by atoms with Crippen molar-refractivity contribution in [2.45, 2.75) is 32.2 Å². The van der Waals surface area contributed by atoms with Gasteiger partial charge in [0.2, 0.25) is 5.78 Å². The summed E-state index contributed by atoms with van der Waals surface area (Å²) in [4.78, 5) is 28.3. The fraction of sp³-hybridized carbons (Fsp3) is 0.200. The van der Waals surface area contributed by atoms with Crippen LogP contribution in [0.15, 0.2) is 108 Å². The number of Topliss-reactive ketones (excluding diaryl/α,β-unsaturated/α-hetero) is 1. The average Bonchev–Trinajstić information content (AvgIpc) is 3.39. The quantitative estimate of drug-likeness (QED) is 0.0385. The van der Waals surface area contributed by atoms with E-state index in [1.165, 1.54) is 11.8 Å². The van der Waals surface area contributed by atoms with E-state index in [4.69, 9.17) is 25.3 Å². The van der Waals surface area contributed by atoms with Crippen LogP contribution in [0.25, 0.3) is 21.8 Å². The largest absolute Gasteiger partial charge is 0.496 e. The second-order valence-corrected chi connectivity index (χ2v) is 13.2. The summed E-state index contributed by atoms with van der Waals surface area (Å²) in [6, 6.07) is 27.6. The number of hydrogen-bond acceptors (Lipinski definition) is 8. The molecule has 1 heterocycles. The third kappa shape index (κ3) is 7.64. The molecule has 0 atom stereocenters. The van der Waals surface area contributed by atoms with E-state index in [-0.39, 0.29) is 30.5 Å². The first-order valence-corrected chi connectivity index (χ1v) is 17.7. The van der Waals surface area contributed by atoms with Crippen molar-refractivity contribution in [3.63, 3.8) is 0 Å². The van der Waals surface area contributed by atoms with Gasteiger partial charge in [0.15, 0.2) is 5.78 Å². The number of carbonyl (C=O) groups is 2. The summed E-state index contributed by atoms with van der Waals surface area (Å²) >= 11 is 7.51. The SMILES string of the molecule is CCOP(=O)(OCC)ON/C(=C\CSc1ccc(Cl)cc1)C(=O)c1ccc2c(c1)c1cc(C(=O)c3ccccc3)ccc1n2CC. The predicted octanol–water partition coefficient (Wildman–Crippen LogP) is 9.26. The third-order valence-electron chi connectivity index (χ3n) is 7.18. The number of halogens is 1. The lowest BCUT2D eigenvalue weighted by Gasteiger charge is -2.18. The molecule has 5 aromatic rings. The van der Waals surface area contributed by atoms with Gasteiger partial charge in [0.25, 0.3) is 0 Å². The molecule has 0 unspecified atom stereocenters. The van der Waals surface area contributed by atoms with E-state index in [0.717, 1.165) is 26.7 Å². The standard InChI is InChI=1S/C35H34ClN2O6PS/c1-4-38-32-18-12-25(34(39)24-10-8-7-9-11-24)22-29(32)30-23-26(13-19-33(30)38)35(40)31(37-44-45(41,42-5-2)43-6-3)20-21-46-28-16-14-27(36)15-17-28/h7-20,22-23,37H,4-6,21H2,1-3H3/b31-20-. The number of fused-ring (bicyclic) bond motifs is 3. The molecular weight excluding hydrogens is 643 g/mol. The van der Waals surface area contributed by atoms with Gasteiger partial charge in [-0.1, -0.05) is 41.9 Å². The molecule has 8 nitrogen and oxygen atoms in total. The summed E-state index contributed by atoms with van der Waals surface area (Å²) in [5.41, 5.74) is 6.08. The minimum Gasteiger partial charge on any atom is -0.341 e. The summed E-state index contributed by atoms with van der Waals surface area (Å²) in [6.07, 6.45) is 1.67. The number of carbonyl (C=O) groups excluding carboxylic acids is 2. The van der Waals surface area contributed by atoms with Crippen LogP contribution in [0, 0.1) is 0 Å².